The Morgan fingerprint density at radius 2 is 1.67 bits per heavy atom. The lowest BCUT2D eigenvalue weighted by Gasteiger charge is -2.11. The molecule has 2 rings (SSSR count). The van der Waals surface area contributed by atoms with Gasteiger partial charge in [0.25, 0.3) is 11.8 Å². The molecule has 4 N–H and O–H groups in total. The quantitative estimate of drug-likeness (QED) is 0.463. The van der Waals surface area contributed by atoms with Gasteiger partial charge in [0.2, 0.25) is 5.91 Å². The minimum atomic E-state index is -0.458. The highest BCUT2D eigenvalue weighted by Gasteiger charge is 2.10. The van der Waals surface area contributed by atoms with Gasteiger partial charge in [-0.25, -0.2) is 0 Å². The molecule has 0 saturated carbocycles. The summed E-state index contributed by atoms with van der Waals surface area (Å²) in [6.07, 6.45) is 0.366. The van der Waals surface area contributed by atoms with Crippen molar-refractivity contribution in [1.82, 2.24) is 16.2 Å². The standard InChI is InChI=1S/C18H17ClN4O3S/c1-2-15(24)20-14-8-6-11(7-9-14)17(26)22-23-18(27)21-16(25)12-4-3-5-13(19)10-12/h3-10H,2H2,1H3,(H,20,24)(H,22,26)(H2,21,23,25,27). The van der Waals surface area contributed by atoms with Gasteiger partial charge in [-0.1, -0.05) is 24.6 Å². The van der Waals surface area contributed by atoms with E-state index in [1.165, 1.54) is 6.07 Å². The molecule has 0 aliphatic heterocycles. The summed E-state index contributed by atoms with van der Waals surface area (Å²) in [5, 5.41) is 5.47. The number of benzene rings is 2. The SMILES string of the molecule is CCC(=O)Nc1ccc(C(=O)NNC(=S)NC(=O)c2cccc(Cl)c2)cc1. The number of nitrogens with one attached hydrogen (secondary N) is 4. The summed E-state index contributed by atoms with van der Waals surface area (Å²) in [5.41, 5.74) is 6.11. The van der Waals surface area contributed by atoms with E-state index < -0.39 is 11.8 Å². The Hall–Kier alpha value is -2.97. The molecule has 0 fully saturated rings. The number of anilines is 1. The third-order valence-corrected chi connectivity index (χ3v) is 3.79. The molecule has 7 nitrogen and oxygen atoms in total. The van der Waals surface area contributed by atoms with Gasteiger partial charge in [0.05, 0.1) is 0 Å². The van der Waals surface area contributed by atoms with Crippen molar-refractivity contribution in [2.45, 2.75) is 13.3 Å². The Morgan fingerprint density at radius 1 is 0.963 bits per heavy atom. The van der Waals surface area contributed by atoms with Crippen LogP contribution in [0.4, 0.5) is 5.69 Å². The molecule has 0 bridgehead atoms. The minimum absolute atomic E-state index is 0.0693. The van der Waals surface area contributed by atoms with E-state index in [2.05, 4.69) is 21.5 Å². The monoisotopic (exact) mass is 404 g/mol. The zero-order valence-corrected chi connectivity index (χ0v) is 15.9. The van der Waals surface area contributed by atoms with E-state index in [-0.39, 0.29) is 11.0 Å². The molecule has 27 heavy (non-hydrogen) atoms. The number of hydrazine groups is 1. The van der Waals surface area contributed by atoms with Crippen molar-refractivity contribution >= 4 is 52.3 Å². The summed E-state index contributed by atoms with van der Waals surface area (Å²) >= 11 is 10.8. The molecule has 140 valence electrons. The highest BCUT2D eigenvalue weighted by molar-refractivity contribution is 7.80. The fourth-order valence-electron chi connectivity index (χ4n) is 1.98. The van der Waals surface area contributed by atoms with E-state index in [4.69, 9.17) is 23.8 Å². The van der Waals surface area contributed by atoms with Crippen molar-refractivity contribution < 1.29 is 14.4 Å². The van der Waals surface area contributed by atoms with Gasteiger partial charge in [0.15, 0.2) is 5.11 Å². The number of rotatable bonds is 4. The molecule has 0 heterocycles. The van der Waals surface area contributed by atoms with Gasteiger partial charge < -0.3 is 5.32 Å². The first kappa shape index (κ1) is 20.3. The summed E-state index contributed by atoms with van der Waals surface area (Å²) in [4.78, 5) is 35.4. The van der Waals surface area contributed by atoms with Crippen LogP contribution in [-0.4, -0.2) is 22.8 Å². The maximum absolute atomic E-state index is 12.1. The highest BCUT2D eigenvalue weighted by Crippen LogP contribution is 2.11. The molecule has 0 atom stereocenters. The number of halogens is 1. The molecule has 0 aromatic heterocycles. The minimum Gasteiger partial charge on any atom is -0.326 e. The van der Waals surface area contributed by atoms with Gasteiger partial charge in [-0.15, -0.1) is 0 Å². The second-order valence-corrected chi connectivity index (χ2v) is 6.20. The fraction of sp³-hybridized carbons (Fsp3) is 0.111. The smallest absolute Gasteiger partial charge is 0.269 e. The molecule has 0 spiro atoms. The van der Waals surface area contributed by atoms with Crippen molar-refractivity contribution in [3.63, 3.8) is 0 Å². The molecule has 0 radical (unpaired) electrons. The van der Waals surface area contributed by atoms with Crippen LogP contribution in [-0.2, 0) is 4.79 Å². The molecule has 3 amide bonds. The molecule has 0 unspecified atom stereocenters. The Balaban J connectivity index is 1.84. The lowest BCUT2D eigenvalue weighted by atomic mass is 10.2. The Labute approximate surface area is 166 Å². The van der Waals surface area contributed by atoms with Crippen LogP contribution in [0.1, 0.15) is 34.1 Å². The van der Waals surface area contributed by atoms with Crippen molar-refractivity contribution in [2.24, 2.45) is 0 Å². The van der Waals surface area contributed by atoms with E-state index in [1.54, 1.807) is 49.4 Å². The molecule has 0 saturated heterocycles. The van der Waals surface area contributed by atoms with E-state index in [1.807, 2.05) is 0 Å². The largest absolute Gasteiger partial charge is 0.326 e. The molecule has 9 heteroatoms. The first-order valence-corrected chi connectivity index (χ1v) is 8.75. The zero-order chi connectivity index (χ0) is 19.8. The van der Waals surface area contributed by atoms with Crippen LogP contribution in [0, 0.1) is 0 Å². The number of carbonyl (C=O) groups excluding carboxylic acids is 3. The molecular formula is C18H17ClN4O3S. The van der Waals surface area contributed by atoms with Crippen molar-refractivity contribution in [2.75, 3.05) is 5.32 Å². The van der Waals surface area contributed by atoms with Crippen LogP contribution in [0.3, 0.4) is 0 Å². The maximum atomic E-state index is 12.1. The van der Waals surface area contributed by atoms with Gasteiger partial charge in [0, 0.05) is 28.3 Å². The first-order valence-electron chi connectivity index (χ1n) is 7.96. The Kier molecular flexibility index (Phi) is 7.27. The summed E-state index contributed by atoms with van der Waals surface area (Å²) in [6, 6.07) is 12.7. The van der Waals surface area contributed by atoms with E-state index in [9.17, 15) is 14.4 Å². The van der Waals surface area contributed by atoms with Crippen LogP contribution >= 0.6 is 23.8 Å². The normalized spacial score (nSPS) is 9.85. The van der Waals surface area contributed by atoms with Crippen LogP contribution < -0.4 is 21.5 Å². The highest BCUT2D eigenvalue weighted by atomic mass is 35.5. The van der Waals surface area contributed by atoms with E-state index in [0.29, 0.717) is 28.3 Å². The predicted octanol–water partition coefficient (Wildman–Crippen LogP) is 2.64. The average Bonchev–Trinajstić information content (AvgIpc) is 2.66. The Morgan fingerprint density at radius 3 is 2.30 bits per heavy atom. The Bertz CT molecular complexity index is 871. The van der Waals surface area contributed by atoms with Crippen molar-refractivity contribution in [3.8, 4) is 0 Å². The molecule has 0 aliphatic carbocycles. The summed E-state index contributed by atoms with van der Waals surface area (Å²) in [5.74, 6) is -1.03. The second-order valence-electron chi connectivity index (χ2n) is 5.35. The van der Waals surface area contributed by atoms with E-state index >= 15 is 0 Å². The van der Waals surface area contributed by atoms with E-state index in [0.717, 1.165) is 0 Å². The van der Waals surface area contributed by atoms with Gasteiger partial charge in [-0.3, -0.25) is 30.6 Å². The van der Waals surface area contributed by atoms with Gasteiger partial charge in [-0.05, 0) is 54.7 Å². The lowest BCUT2D eigenvalue weighted by Crippen LogP contribution is -2.48. The van der Waals surface area contributed by atoms with Crippen molar-refractivity contribution in [3.05, 3.63) is 64.7 Å². The van der Waals surface area contributed by atoms with Gasteiger partial charge in [0.1, 0.15) is 0 Å². The summed E-state index contributed by atoms with van der Waals surface area (Å²) in [7, 11) is 0. The topological polar surface area (TPSA) is 99.3 Å². The first-order chi connectivity index (χ1) is 12.9. The molecule has 2 aromatic rings. The van der Waals surface area contributed by atoms with Crippen LogP contribution in [0.15, 0.2) is 48.5 Å². The maximum Gasteiger partial charge on any atom is 0.269 e. The third-order valence-electron chi connectivity index (χ3n) is 3.36. The second kappa shape index (κ2) is 9.65. The van der Waals surface area contributed by atoms with Crippen LogP contribution in [0.2, 0.25) is 5.02 Å². The van der Waals surface area contributed by atoms with Gasteiger partial charge in [-0.2, -0.15) is 0 Å². The number of hydrogen-bond acceptors (Lipinski definition) is 4. The fourth-order valence-corrected chi connectivity index (χ4v) is 2.31. The molecule has 2 aromatic carbocycles. The van der Waals surface area contributed by atoms with Crippen LogP contribution in [0.5, 0.6) is 0 Å². The third kappa shape index (κ3) is 6.36. The van der Waals surface area contributed by atoms with Crippen LogP contribution in [0.25, 0.3) is 0 Å². The zero-order valence-electron chi connectivity index (χ0n) is 14.3. The number of amides is 3. The van der Waals surface area contributed by atoms with Gasteiger partial charge >= 0.3 is 0 Å². The lowest BCUT2D eigenvalue weighted by molar-refractivity contribution is -0.115. The molecular weight excluding hydrogens is 388 g/mol. The number of thiocarbonyl (C=S) groups is 1. The molecule has 0 aliphatic rings. The predicted molar refractivity (Wildman–Crippen MR) is 107 cm³/mol. The average molecular weight is 405 g/mol. The number of hydrogen-bond donors (Lipinski definition) is 4. The summed E-state index contributed by atoms with van der Waals surface area (Å²) in [6.45, 7) is 1.75. The number of carbonyl (C=O) groups is 3. The van der Waals surface area contributed by atoms with Crippen molar-refractivity contribution in [1.29, 1.82) is 0 Å². The summed E-state index contributed by atoms with van der Waals surface area (Å²) < 4.78 is 0.